The molecule has 1 aliphatic rings. The highest BCUT2D eigenvalue weighted by atomic mass is 79.9. The normalized spacial score (nSPS) is 20.4. The lowest BCUT2D eigenvalue weighted by atomic mass is 9.80. The molecule has 0 radical (unpaired) electrons. The van der Waals surface area contributed by atoms with E-state index in [1.165, 1.54) is 20.3 Å². The molecule has 0 aliphatic carbocycles. The maximum Gasteiger partial charge on any atom is 0.336 e. The molecule has 0 amide bonds. The van der Waals surface area contributed by atoms with Crippen molar-refractivity contribution in [2.75, 3.05) is 20.8 Å². The number of esters is 1. The van der Waals surface area contributed by atoms with Gasteiger partial charge in [-0.3, -0.25) is 4.99 Å². The van der Waals surface area contributed by atoms with Crippen molar-refractivity contribution in [2.24, 2.45) is 4.99 Å². The standard InChI is InChI=1S/C17H16BrFN2O3/c1-9-16(20-2)14(11-6-5-10(18)7-12(11)19)15(17(22)24-4)13(21-9)8-23-3/h5-7,14,16H,8H2,1,3-4H3. The molecule has 1 aliphatic heterocycles. The van der Waals surface area contributed by atoms with Crippen LogP contribution in [0.3, 0.4) is 0 Å². The highest BCUT2D eigenvalue weighted by Gasteiger charge is 2.43. The van der Waals surface area contributed by atoms with Crippen LogP contribution in [0.2, 0.25) is 0 Å². The van der Waals surface area contributed by atoms with E-state index in [-0.39, 0.29) is 17.7 Å². The first kappa shape index (κ1) is 18.3. The first-order valence-electron chi connectivity index (χ1n) is 7.11. The summed E-state index contributed by atoms with van der Waals surface area (Å²) in [6, 6.07) is 3.76. The minimum Gasteiger partial charge on any atom is -0.466 e. The van der Waals surface area contributed by atoms with Gasteiger partial charge in [0.25, 0.3) is 6.04 Å². The summed E-state index contributed by atoms with van der Waals surface area (Å²) in [4.78, 5) is 20.2. The highest BCUT2D eigenvalue weighted by Crippen LogP contribution is 2.39. The van der Waals surface area contributed by atoms with Crippen molar-refractivity contribution in [3.63, 3.8) is 0 Å². The molecule has 0 saturated carbocycles. The number of ether oxygens (including phenoxy) is 2. The van der Waals surface area contributed by atoms with E-state index >= 15 is 0 Å². The summed E-state index contributed by atoms with van der Waals surface area (Å²) in [7, 11) is 2.72. The summed E-state index contributed by atoms with van der Waals surface area (Å²) >= 11 is 3.21. The molecule has 1 aromatic rings. The Balaban J connectivity index is 2.72. The molecule has 1 heterocycles. The molecule has 2 atom stereocenters. The zero-order chi connectivity index (χ0) is 17.9. The highest BCUT2D eigenvalue weighted by molar-refractivity contribution is 9.10. The van der Waals surface area contributed by atoms with E-state index in [0.29, 0.717) is 15.9 Å². The Labute approximate surface area is 148 Å². The van der Waals surface area contributed by atoms with Crippen molar-refractivity contribution in [3.05, 3.63) is 56.7 Å². The van der Waals surface area contributed by atoms with Crippen LogP contribution in [0.25, 0.3) is 4.85 Å². The fourth-order valence-electron chi connectivity index (χ4n) is 2.77. The molecule has 7 heteroatoms. The van der Waals surface area contributed by atoms with Gasteiger partial charge in [0.2, 0.25) is 0 Å². The van der Waals surface area contributed by atoms with Crippen LogP contribution in [-0.4, -0.2) is 38.5 Å². The number of benzene rings is 1. The van der Waals surface area contributed by atoms with Crippen molar-refractivity contribution in [1.82, 2.24) is 0 Å². The largest absolute Gasteiger partial charge is 0.466 e. The van der Waals surface area contributed by atoms with Crippen LogP contribution in [0.5, 0.6) is 0 Å². The Morgan fingerprint density at radius 3 is 2.71 bits per heavy atom. The van der Waals surface area contributed by atoms with Crippen LogP contribution in [0.1, 0.15) is 18.4 Å². The Morgan fingerprint density at radius 1 is 1.46 bits per heavy atom. The third kappa shape index (κ3) is 3.40. The number of halogens is 2. The number of methoxy groups -OCH3 is 2. The van der Waals surface area contributed by atoms with Crippen molar-refractivity contribution < 1.29 is 18.7 Å². The van der Waals surface area contributed by atoms with Gasteiger partial charge >= 0.3 is 5.97 Å². The first-order chi connectivity index (χ1) is 11.4. The second-order valence-corrected chi connectivity index (χ2v) is 6.17. The van der Waals surface area contributed by atoms with E-state index in [9.17, 15) is 9.18 Å². The SMILES string of the molecule is [C-]#[N+]C1C(C)=NC(COC)=C(C(=O)OC)C1c1ccc(Br)cc1F. The van der Waals surface area contributed by atoms with E-state index in [0.717, 1.165) is 0 Å². The minimum atomic E-state index is -0.800. The molecule has 126 valence electrons. The zero-order valence-electron chi connectivity index (χ0n) is 13.5. The molecule has 0 N–H and O–H groups in total. The van der Waals surface area contributed by atoms with Gasteiger partial charge in [-0.05, 0) is 19.1 Å². The Kier molecular flexibility index (Phi) is 5.86. The van der Waals surface area contributed by atoms with E-state index < -0.39 is 23.7 Å². The van der Waals surface area contributed by atoms with Gasteiger partial charge in [-0.15, -0.1) is 0 Å². The van der Waals surface area contributed by atoms with Crippen molar-refractivity contribution in [3.8, 4) is 0 Å². The quantitative estimate of drug-likeness (QED) is 0.579. The summed E-state index contributed by atoms with van der Waals surface area (Å²) in [5.74, 6) is -1.94. The maximum atomic E-state index is 14.5. The minimum absolute atomic E-state index is 0.0706. The molecule has 1 aromatic carbocycles. The number of rotatable bonds is 4. The van der Waals surface area contributed by atoms with Gasteiger partial charge in [0.05, 0.1) is 30.7 Å². The Morgan fingerprint density at radius 2 is 2.17 bits per heavy atom. The van der Waals surface area contributed by atoms with E-state index in [1.807, 2.05) is 0 Å². The lowest BCUT2D eigenvalue weighted by Gasteiger charge is -2.26. The number of hydrogen-bond acceptors (Lipinski definition) is 4. The molecule has 24 heavy (non-hydrogen) atoms. The van der Waals surface area contributed by atoms with Crippen LogP contribution in [0, 0.1) is 12.4 Å². The Bertz CT molecular complexity index is 768. The molecule has 2 unspecified atom stereocenters. The molecule has 0 fully saturated rings. The fourth-order valence-corrected chi connectivity index (χ4v) is 3.10. The van der Waals surface area contributed by atoms with Crippen LogP contribution in [-0.2, 0) is 14.3 Å². The zero-order valence-corrected chi connectivity index (χ0v) is 15.1. The number of hydrogen-bond donors (Lipinski definition) is 0. The summed E-state index contributed by atoms with van der Waals surface area (Å²) in [6.07, 6.45) is 0. The summed E-state index contributed by atoms with van der Waals surface area (Å²) in [5.41, 5.74) is 1.28. The predicted octanol–water partition coefficient (Wildman–Crippen LogP) is 3.51. The lowest BCUT2D eigenvalue weighted by Crippen LogP contribution is -2.33. The Hall–Kier alpha value is -2.04. The van der Waals surface area contributed by atoms with Gasteiger partial charge in [0, 0.05) is 17.1 Å². The van der Waals surface area contributed by atoms with Crippen LogP contribution in [0.4, 0.5) is 4.39 Å². The first-order valence-corrected chi connectivity index (χ1v) is 7.90. The number of carbonyl (C=O) groups is 1. The lowest BCUT2D eigenvalue weighted by molar-refractivity contribution is -0.136. The number of nitrogens with zero attached hydrogens (tertiary/aromatic N) is 2. The second-order valence-electron chi connectivity index (χ2n) is 5.26. The third-order valence-electron chi connectivity index (χ3n) is 3.80. The fraction of sp³-hybridized carbons (Fsp3) is 0.353. The third-order valence-corrected chi connectivity index (χ3v) is 4.29. The number of carbonyl (C=O) groups excluding carboxylic acids is 1. The van der Waals surface area contributed by atoms with Gasteiger partial charge in [-0.1, -0.05) is 22.0 Å². The van der Waals surface area contributed by atoms with Gasteiger partial charge in [-0.25, -0.2) is 15.8 Å². The van der Waals surface area contributed by atoms with E-state index in [2.05, 4.69) is 25.8 Å². The van der Waals surface area contributed by atoms with Crippen molar-refractivity contribution >= 4 is 27.6 Å². The molecule has 0 spiro atoms. The summed E-state index contributed by atoms with van der Waals surface area (Å²) < 4.78 is 25.1. The predicted molar refractivity (Wildman–Crippen MR) is 91.3 cm³/mol. The summed E-state index contributed by atoms with van der Waals surface area (Å²) in [6.45, 7) is 9.24. The van der Waals surface area contributed by atoms with Crippen LogP contribution < -0.4 is 0 Å². The van der Waals surface area contributed by atoms with Gasteiger partial charge in [0.1, 0.15) is 11.7 Å². The monoisotopic (exact) mass is 394 g/mol. The molecule has 0 aromatic heterocycles. The van der Waals surface area contributed by atoms with Gasteiger partial charge < -0.3 is 14.3 Å². The van der Waals surface area contributed by atoms with E-state index in [1.54, 1.807) is 19.1 Å². The summed E-state index contributed by atoms with van der Waals surface area (Å²) in [5, 5.41) is 0. The van der Waals surface area contributed by atoms with Crippen LogP contribution in [0.15, 0.2) is 38.9 Å². The van der Waals surface area contributed by atoms with Crippen LogP contribution >= 0.6 is 15.9 Å². The van der Waals surface area contributed by atoms with Crippen molar-refractivity contribution in [2.45, 2.75) is 18.9 Å². The topological polar surface area (TPSA) is 52.2 Å². The molecule has 0 saturated heterocycles. The second kappa shape index (κ2) is 7.69. The molecular weight excluding hydrogens is 379 g/mol. The number of aliphatic imine (C=N–C) groups is 1. The molecular formula is C17H16BrFN2O3. The van der Waals surface area contributed by atoms with E-state index in [4.69, 9.17) is 16.0 Å². The molecule has 2 rings (SSSR count). The maximum absolute atomic E-state index is 14.5. The molecule has 5 nitrogen and oxygen atoms in total. The average molecular weight is 395 g/mol. The van der Waals surface area contributed by atoms with Crippen molar-refractivity contribution in [1.29, 1.82) is 0 Å². The van der Waals surface area contributed by atoms with Gasteiger partial charge in [0.15, 0.2) is 0 Å². The average Bonchev–Trinajstić information content (AvgIpc) is 2.54. The van der Waals surface area contributed by atoms with Gasteiger partial charge in [-0.2, -0.15) is 0 Å². The molecule has 0 bridgehead atoms. The smallest absolute Gasteiger partial charge is 0.336 e.